The fourth-order valence-corrected chi connectivity index (χ4v) is 3.79. The maximum absolute atomic E-state index is 13.3. The molecule has 1 aromatic heterocycles. The van der Waals surface area contributed by atoms with Gasteiger partial charge in [-0.25, -0.2) is 0 Å². The third-order valence-electron chi connectivity index (χ3n) is 5.32. The molecule has 1 aliphatic rings. The number of benzene rings is 2. The number of halogens is 3. The maximum atomic E-state index is 13.3. The predicted molar refractivity (Wildman–Crippen MR) is 106 cm³/mol. The van der Waals surface area contributed by atoms with Gasteiger partial charge in [0.05, 0.1) is 16.9 Å². The molecule has 0 radical (unpaired) electrons. The number of alkyl halides is 3. The first-order chi connectivity index (χ1) is 13.8. The Labute approximate surface area is 166 Å². The van der Waals surface area contributed by atoms with Crippen molar-refractivity contribution in [2.45, 2.75) is 32.4 Å². The van der Waals surface area contributed by atoms with E-state index in [4.69, 9.17) is 4.42 Å². The summed E-state index contributed by atoms with van der Waals surface area (Å²) >= 11 is 0. The predicted octanol–water partition coefficient (Wildman–Crippen LogP) is 6.00. The van der Waals surface area contributed by atoms with E-state index in [2.05, 4.69) is 5.32 Å². The SMILES string of the molecule is Cc1c(C(=O)Nc2cc(C(F)(F)F)ccc2N2CCCCC2)oc2ccccc12. The van der Waals surface area contributed by atoms with Crippen LogP contribution >= 0.6 is 0 Å². The number of fused-ring (bicyclic) bond motifs is 1. The number of nitrogens with zero attached hydrogens (tertiary/aromatic N) is 1. The fraction of sp³-hybridized carbons (Fsp3) is 0.318. The highest BCUT2D eigenvalue weighted by Gasteiger charge is 2.32. The standard InChI is InChI=1S/C22H21F3N2O2/c1-14-16-7-3-4-8-19(16)29-20(14)21(28)26-17-13-15(22(23,24)25)9-10-18(17)27-11-5-2-6-12-27/h3-4,7-10,13H,2,5-6,11-12H2,1H3,(H,26,28). The summed E-state index contributed by atoms with van der Waals surface area (Å²) in [5.41, 5.74) is 1.17. The van der Waals surface area contributed by atoms with E-state index in [0.717, 1.165) is 49.9 Å². The zero-order valence-corrected chi connectivity index (χ0v) is 16.0. The largest absolute Gasteiger partial charge is 0.451 e. The minimum absolute atomic E-state index is 0.105. The molecule has 4 rings (SSSR count). The number of carbonyl (C=O) groups excluding carboxylic acids is 1. The Bertz CT molecular complexity index is 1050. The third kappa shape index (κ3) is 3.81. The van der Waals surface area contributed by atoms with Crippen molar-refractivity contribution in [2.75, 3.05) is 23.3 Å². The molecule has 1 fully saturated rings. The van der Waals surface area contributed by atoms with E-state index < -0.39 is 17.6 Å². The Balaban J connectivity index is 1.71. The second-order valence-corrected chi connectivity index (χ2v) is 7.28. The van der Waals surface area contributed by atoms with Crippen molar-refractivity contribution < 1.29 is 22.4 Å². The second kappa shape index (κ2) is 7.46. The van der Waals surface area contributed by atoms with E-state index in [1.165, 1.54) is 6.07 Å². The van der Waals surface area contributed by atoms with Crippen LogP contribution in [0.25, 0.3) is 11.0 Å². The highest BCUT2D eigenvalue weighted by atomic mass is 19.4. The van der Waals surface area contributed by atoms with Crippen LogP contribution < -0.4 is 10.2 Å². The zero-order chi connectivity index (χ0) is 20.6. The molecule has 2 heterocycles. The van der Waals surface area contributed by atoms with Crippen LogP contribution in [-0.2, 0) is 6.18 Å². The average molecular weight is 402 g/mol. The van der Waals surface area contributed by atoms with Gasteiger partial charge in [0, 0.05) is 24.0 Å². The number of hydrogen-bond acceptors (Lipinski definition) is 3. The van der Waals surface area contributed by atoms with Crippen LogP contribution in [0.2, 0.25) is 0 Å². The number of aryl methyl sites for hydroxylation is 1. The van der Waals surface area contributed by atoms with E-state index in [1.807, 2.05) is 17.0 Å². The molecule has 0 unspecified atom stereocenters. The minimum atomic E-state index is -4.49. The van der Waals surface area contributed by atoms with E-state index in [0.29, 0.717) is 16.8 Å². The first-order valence-electron chi connectivity index (χ1n) is 9.60. The number of hydrogen-bond donors (Lipinski definition) is 1. The molecule has 2 aromatic carbocycles. The summed E-state index contributed by atoms with van der Waals surface area (Å²) in [6.45, 7) is 3.26. The van der Waals surface area contributed by atoms with Crippen LogP contribution in [0.1, 0.15) is 40.9 Å². The van der Waals surface area contributed by atoms with Crippen LogP contribution in [0.4, 0.5) is 24.5 Å². The number of furan rings is 1. The molecule has 1 N–H and O–H groups in total. The fourth-order valence-electron chi connectivity index (χ4n) is 3.79. The quantitative estimate of drug-likeness (QED) is 0.584. The molecular formula is C22H21F3N2O2. The monoisotopic (exact) mass is 402 g/mol. The zero-order valence-electron chi connectivity index (χ0n) is 16.0. The third-order valence-corrected chi connectivity index (χ3v) is 5.32. The van der Waals surface area contributed by atoms with Gasteiger partial charge in [0.15, 0.2) is 5.76 Å². The van der Waals surface area contributed by atoms with Crippen molar-refractivity contribution in [3.05, 3.63) is 59.4 Å². The van der Waals surface area contributed by atoms with Crippen LogP contribution in [0.3, 0.4) is 0 Å². The number of amides is 1. The normalized spacial score (nSPS) is 15.0. The van der Waals surface area contributed by atoms with Crippen LogP contribution in [-0.4, -0.2) is 19.0 Å². The van der Waals surface area contributed by atoms with Gasteiger partial charge in [0.2, 0.25) is 0 Å². The van der Waals surface area contributed by atoms with Crippen LogP contribution in [0.5, 0.6) is 0 Å². The lowest BCUT2D eigenvalue weighted by molar-refractivity contribution is -0.137. The van der Waals surface area contributed by atoms with Crippen LogP contribution in [0.15, 0.2) is 46.9 Å². The van der Waals surface area contributed by atoms with Gasteiger partial charge in [0.25, 0.3) is 5.91 Å². The number of para-hydroxylation sites is 1. The summed E-state index contributed by atoms with van der Waals surface area (Å²) in [6, 6.07) is 10.7. The van der Waals surface area contributed by atoms with Crippen LogP contribution in [0, 0.1) is 6.92 Å². The number of carbonyl (C=O) groups is 1. The van der Waals surface area contributed by atoms with Gasteiger partial charge >= 0.3 is 6.18 Å². The Morgan fingerprint density at radius 1 is 1.07 bits per heavy atom. The van der Waals surface area contributed by atoms with Crippen molar-refractivity contribution in [3.63, 3.8) is 0 Å². The molecule has 0 saturated carbocycles. The molecule has 0 atom stereocenters. The highest BCUT2D eigenvalue weighted by Crippen LogP contribution is 2.37. The Morgan fingerprint density at radius 2 is 1.79 bits per heavy atom. The number of anilines is 2. The van der Waals surface area contributed by atoms with Gasteiger partial charge in [-0.05, 0) is 50.5 Å². The molecule has 3 aromatic rings. The minimum Gasteiger partial charge on any atom is -0.451 e. The molecule has 4 nitrogen and oxygen atoms in total. The highest BCUT2D eigenvalue weighted by molar-refractivity contribution is 6.07. The van der Waals surface area contributed by atoms with Gasteiger partial charge < -0.3 is 14.6 Å². The Hall–Kier alpha value is -2.96. The van der Waals surface area contributed by atoms with Crippen molar-refractivity contribution in [2.24, 2.45) is 0 Å². The summed E-state index contributed by atoms with van der Waals surface area (Å²) in [4.78, 5) is 14.9. The van der Waals surface area contributed by atoms with Gasteiger partial charge in [-0.15, -0.1) is 0 Å². The lowest BCUT2D eigenvalue weighted by Crippen LogP contribution is -2.30. The molecule has 0 spiro atoms. The molecule has 29 heavy (non-hydrogen) atoms. The summed E-state index contributed by atoms with van der Waals surface area (Å²) < 4.78 is 45.5. The molecule has 7 heteroatoms. The van der Waals surface area contributed by atoms with Crippen molar-refractivity contribution in [1.29, 1.82) is 0 Å². The Morgan fingerprint density at radius 3 is 2.48 bits per heavy atom. The Kier molecular flexibility index (Phi) is 4.98. The van der Waals surface area contributed by atoms with E-state index in [9.17, 15) is 18.0 Å². The summed E-state index contributed by atoms with van der Waals surface area (Å²) in [7, 11) is 0. The second-order valence-electron chi connectivity index (χ2n) is 7.28. The first-order valence-corrected chi connectivity index (χ1v) is 9.60. The molecule has 0 aliphatic carbocycles. The summed E-state index contributed by atoms with van der Waals surface area (Å²) in [5.74, 6) is -0.454. The smallest absolute Gasteiger partial charge is 0.416 e. The molecular weight excluding hydrogens is 381 g/mol. The van der Waals surface area contributed by atoms with Crippen molar-refractivity contribution in [1.82, 2.24) is 0 Å². The maximum Gasteiger partial charge on any atom is 0.416 e. The average Bonchev–Trinajstić information content (AvgIpc) is 3.05. The summed E-state index contributed by atoms with van der Waals surface area (Å²) in [5, 5.41) is 3.47. The topological polar surface area (TPSA) is 45.5 Å². The lowest BCUT2D eigenvalue weighted by atomic mass is 10.1. The van der Waals surface area contributed by atoms with Gasteiger partial charge in [-0.3, -0.25) is 4.79 Å². The van der Waals surface area contributed by atoms with Crippen molar-refractivity contribution in [3.8, 4) is 0 Å². The molecule has 1 saturated heterocycles. The number of piperidine rings is 1. The molecule has 1 amide bonds. The lowest BCUT2D eigenvalue weighted by Gasteiger charge is -2.31. The van der Waals surface area contributed by atoms with Gasteiger partial charge in [-0.2, -0.15) is 13.2 Å². The van der Waals surface area contributed by atoms with E-state index in [1.54, 1.807) is 19.1 Å². The molecule has 0 bridgehead atoms. The van der Waals surface area contributed by atoms with Crippen molar-refractivity contribution >= 4 is 28.3 Å². The van der Waals surface area contributed by atoms with Gasteiger partial charge in [-0.1, -0.05) is 18.2 Å². The van der Waals surface area contributed by atoms with Gasteiger partial charge in [0.1, 0.15) is 5.58 Å². The summed E-state index contributed by atoms with van der Waals surface area (Å²) in [6.07, 6.45) is -1.46. The number of nitrogens with one attached hydrogen (secondary N) is 1. The first kappa shape index (κ1) is 19.4. The van der Waals surface area contributed by atoms with E-state index >= 15 is 0 Å². The number of rotatable bonds is 3. The van der Waals surface area contributed by atoms with E-state index in [-0.39, 0.29) is 11.4 Å². The molecule has 1 aliphatic heterocycles. The molecule has 152 valence electrons.